The van der Waals surface area contributed by atoms with Gasteiger partial charge in [0.05, 0.1) is 19.2 Å². The lowest BCUT2D eigenvalue weighted by Crippen LogP contribution is -2.38. The normalized spacial score (nSPS) is 16.7. The summed E-state index contributed by atoms with van der Waals surface area (Å²) >= 11 is 6.11. The van der Waals surface area contributed by atoms with Gasteiger partial charge in [0.1, 0.15) is 5.75 Å². The highest BCUT2D eigenvalue weighted by Gasteiger charge is 2.26. The van der Waals surface area contributed by atoms with Crippen LogP contribution in [0.15, 0.2) is 42.5 Å². The molecule has 2 aromatic rings. The number of nitrogen functional groups attached to an aromatic ring is 1. The van der Waals surface area contributed by atoms with Crippen molar-refractivity contribution in [1.82, 2.24) is 5.32 Å². The average Bonchev–Trinajstić information content (AvgIpc) is 3.05. The number of halogens is 1. The van der Waals surface area contributed by atoms with Crippen molar-refractivity contribution in [2.24, 2.45) is 0 Å². The van der Waals surface area contributed by atoms with E-state index < -0.39 is 0 Å². The van der Waals surface area contributed by atoms with E-state index >= 15 is 0 Å². The van der Waals surface area contributed by atoms with Crippen LogP contribution < -0.4 is 20.7 Å². The minimum absolute atomic E-state index is 0.0229. The summed E-state index contributed by atoms with van der Waals surface area (Å²) in [6.45, 7) is 1.59. The number of amides is 1. The molecular weight excluding hydrogens is 338 g/mol. The maximum atomic E-state index is 12.3. The minimum atomic E-state index is 0.0229. The Balaban J connectivity index is 1.58. The standard InChI is InChI=1S/C19H22ClN3O2/c1-25-18-7-4-14(20)11-17(18)23-9-8-16(12-23)22-19(24)10-13-2-5-15(21)6-3-13/h2-7,11,16H,8-10,12,21H2,1H3,(H,22,24). The minimum Gasteiger partial charge on any atom is -0.495 e. The molecule has 0 radical (unpaired) electrons. The van der Waals surface area contributed by atoms with Crippen LogP contribution in [0.4, 0.5) is 11.4 Å². The molecule has 6 heteroatoms. The van der Waals surface area contributed by atoms with Crippen molar-refractivity contribution in [3.63, 3.8) is 0 Å². The smallest absolute Gasteiger partial charge is 0.224 e. The summed E-state index contributed by atoms with van der Waals surface area (Å²) in [5, 5.41) is 3.78. The first kappa shape index (κ1) is 17.4. The molecule has 3 N–H and O–H groups in total. The number of benzene rings is 2. The fourth-order valence-corrected chi connectivity index (χ4v) is 3.27. The van der Waals surface area contributed by atoms with Crippen LogP contribution in [0, 0.1) is 0 Å². The Morgan fingerprint density at radius 2 is 2.08 bits per heavy atom. The van der Waals surface area contributed by atoms with Gasteiger partial charge in [-0.15, -0.1) is 0 Å². The Labute approximate surface area is 152 Å². The Morgan fingerprint density at radius 1 is 1.32 bits per heavy atom. The summed E-state index contributed by atoms with van der Waals surface area (Å²) < 4.78 is 5.42. The second-order valence-corrected chi connectivity index (χ2v) is 6.67. The number of methoxy groups -OCH3 is 1. The number of carbonyl (C=O) groups is 1. The van der Waals surface area contributed by atoms with E-state index in [1.165, 1.54) is 0 Å². The number of nitrogens with one attached hydrogen (secondary N) is 1. The molecule has 0 bridgehead atoms. The molecule has 0 spiro atoms. The number of hydrogen-bond acceptors (Lipinski definition) is 4. The summed E-state index contributed by atoms with van der Waals surface area (Å²) in [6.07, 6.45) is 1.25. The van der Waals surface area contributed by atoms with Crippen LogP contribution in [0.2, 0.25) is 5.02 Å². The fourth-order valence-electron chi connectivity index (χ4n) is 3.11. The number of rotatable bonds is 5. The first-order chi connectivity index (χ1) is 12.0. The predicted molar refractivity (Wildman–Crippen MR) is 101 cm³/mol. The van der Waals surface area contributed by atoms with Crippen LogP contribution >= 0.6 is 11.6 Å². The summed E-state index contributed by atoms with van der Waals surface area (Å²) in [5.74, 6) is 0.813. The van der Waals surface area contributed by atoms with Gasteiger partial charge < -0.3 is 20.7 Å². The summed E-state index contributed by atoms with van der Waals surface area (Å²) in [4.78, 5) is 14.5. The van der Waals surface area contributed by atoms with Crippen molar-refractivity contribution in [2.75, 3.05) is 30.8 Å². The van der Waals surface area contributed by atoms with Crippen molar-refractivity contribution >= 4 is 28.9 Å². The number of nitrogens with zero attached hydrogens (tertiary/aromatic N) is 1. The van der Waals surface area contributed by atoms with Gasteiger partial charge in [0.2, 0.25) is 5.91 Å². The summed E-state index contributed by atoms with van der Waals surface area (Å²) in [5.41, 5.74) is 8.29. The van der Waals surface area contributed by atoms with Crippen LogP contribution in [-0.4, -0.2) is 32.1 Å². The zero-order chi connectivity index (χ0) is 17.8. The molecule has 132 valence electrons. The van der Waals surface area contributed by atoms with E-state index in [4.69, 9.17) is 22.1 Å². The second-order valence-electron chi connectivity index (χ2n) is 6.23. The lowest BCUT2D eigenvalue weighted by atomic mass is 10.1. The van der Waals surface area contributed by atoms with E-state index in [0.29, 0.717) is 17.1 Å². The van der Waals surface area contributed by atoms with Gasteiger partial charge in [0.25, 0.3) is 0 Å². The molecule has 3 rings (SSSR count). The lowest BCUT2D eigenvalue weighted by molar-refractivity contribution is -0.121. The number of anilines is 2. The van der Waals surface area contributed by atoms with Gasteiger partial charge in [-0.2, -0.15) is 0 Å². The van der Waals surface area contributed by atoms with Gasteiger partial charge in [-0.3, -0.25) is 4.79 Å². The molecule has 1 fully saturated rings. The molecule has 25 heavy (non-hydrogen) atoms. The number of ether oxygens (including phenoxy) is 1. The molecule has 0 saturated carbocycles. The van der Waals surface area contributed by atoms with Gasteiger partial charge in [0, 0.05) is 29.8 Å². The van der Waals surface area contributed by atoms with Crippen LogP contribution in [0.1, 0.15) is 12.0 Å². The molecule has 0 aromatic heterocycles. The van der Waals surface area contributed by atoms with Gasteiger partial charge in [-0.25, -0.2) is 0 Å². The largest absolute Gasteiger partial charge is 0.495 e. The van der Waals surface area contributed by atoms with E-state index in [1.54, 1.807) is 7.11 Å². The number of nitrogens with two attached hydrogens (primary N) is 1. The summed E-state index contributed by atoms with van der Waals surface area (Å²) in [6, 6.07) is 13.1. The van der Waals surface area contributed by atoms with Crippen molar-refractivity contribution in [2.45, 2.75) is 18.9 Å². The van der Waals surface area contributed by atoms with Crippen molar-refractivity contribution in [3.8, 4) is 5.75 Å². The Hall–Kier alpha value is -2.40. The predicted octanol–water partition coefficient (Wildman–Crippen LogP) is 2.87. The lowest BCUT2D eigenvalue weighted by Gasteiger charge is -2.21. The zero-order valence-electron chi connectivity index (χ0n) is 14.2. The fraction of sp³-hybridized carbons (Fsp3) is 0.316. The molecule has 1 atom stereocenters. The molecule has 1 aliphatic heterocycles. The third-order valence-electron chi connectivity index (χ3n) is 4.38. The second kappa shape index (κ2) is 7.66. The Morgan fingerprint density at radius 3 is 2.80 bits per heavy atom. The molecule has 1 saturated heterocycles. The van der Waals surface area contributed by atoms with Crippen molar-refractivity contribution in [3.05, 3.63) is 53.1 Å². The Kier molecular flexibility index (Phi) is 5.34. The SMILES string of the molecule is COc1ccc(Cl)cc1N1CCC(NC(=O)Cc2ccc(N)cc2)C1. The number of hydrogen-bond donors (Lipinski definition) is 2. The highest BCUT2D eigenvalue weighted by molar-refractivity contribution is 6.30. The van der Waals surface area contributed by atoms with Crippen LogP contribution in [-0.2, 0) is 11.2 Å². The van der Waals surface area contributed by atoms with Gasteiger partial charge >= 0.3 is 0 Å². The molecule has 1 unspecified atom stereocenters. The monoisotopic (exact) mass is 359 g/mol. The molecule has 2 aromatic carbocycles. The third-order valence-corrected chi connectivity index (χ3v) is 4.61. The molecule has 5 nitrogen and oxygen atoms in total. The maximum Gasteiger partial charge on any atom is 0.224 e. The molecule has 1 aliphatic rings. The van der Waals surface area contributed by atoms with E-state index in [2.05, 4.69) is 10.2 Å². The first-order valence-corrected chi connectivity index (χ1v) is 8.65. The Bertz CT molecular complexity index is 749. The maximum absolute atomic E-state index is 12.3. The van der Waals surface area contributed by atoms with Gasteiger partial charge in [-0.05, 0) is 42.3 Å². The van der Waals surface area contributed by atoms with E-state index in [1.807, 2.05) is 42.5 Å². The van der Waals surface area contributed by atoms with Gasteiger partial charge in [0.15, 0.2) is 0 Å². The van der Waals surface area contributed by atoms with E-state index in [9.17, 15) is 4.79 Å². The van der Waals surface area contributed by atoms with Crippen molar-refractivity contribution in [1.29, 1.82) is 0 Å². The molecular formula is C19H22ClN3O2. The molecule has 0 aliphatic carbocycles. The highest BCUT2D eigenvalue weighted by atomic mass is 35.5. The number of carbonyl (C=O) groups excluding carboxylic acids is 1. The van der Waals surface area contributed by atoms with E-state index in [-0.39, 0.29) is 11.9 Å². The van der Waals surface area contributed by atoms with Crippen LogP contribution in [0.3, 0.4) is 0 Å². The quantitative estimate of drug-likeness (QED) is 0.805. The topological polar surface area (TPSA) is 67.6 Å². The zero-order valence-corrected chi connectivity index (χ0v) is 14.9. The van der Waals surface area contributed by atoms with Crippen LogP contribution in [0.25, 0.3) is 0 Å². The first-order valence-electron chi connectivity index (χ1n) is 8.27. The van der Waals surface area contributed by atoms with Gasteiger partial charge in [-0.1, -0.05) is 23.7 Å². The molecule has 1 amide bonds. The van der Waals surface area contributed by atoms with Crippen molar-refractivity contribution < 1.29 is 9.53 Å². The highest BCUT2D eigenvalue weighted by Crippen LogP contribution is 2.33. The van der Waals surface area contributed by atoms with E-state index in [0.717, 1.165) is 36.5 Å². The average molecular weight is 360 g/mol. The van der Waals surface area contributed by atoms with Crippen LogP contribution in [0.5, 0.6) is 5.75 Å². The molecule has 1 heterocycles. The third kappa shape index (κ3) is 4.37. The summed E-state index contributed by atoms with van der Waals surface area (Å²) in [7, 11) is 1.65.